The van der Waals surface area contributed by atoms with Crippen LogP contribution in [0.25, 0.3) is 0 Å². The highest BCUT2D eigenvalue weighted by atomic mass is 16.3. The van der Waals surface area contributed by atoms with E-state index in [9.17, 15) is 0 Å². The van der Waals surface area contributed by atoms with Crippen LogP contribution in [0.5, 0.6) is 0 Å². The van der Waals surface area contributed by atoms with Gasteiger partial charge in [-0.3, -0.25) is 11.3 Å². The molecule has 1 aliphatic carbocycles. The molecule has 1 unspecified atom stereocenters. The summed E-state index contributed by atoms with van der Waals surface area (Å²) in [6, 6.07) is 8.87. The minimum atomic E-state index is 0.147. The number of nitrogens with one attached hydrogen (secondary N) is 1. The molecular weight excluding hydrogens is 224 g/mol. The second-order valence-corrected chi connectivity index (χ2v) is 4.94. The van der Waals surface area contributed by atoms with Crippen molar-refractivity contribution in [2.75, 3.05) is 0 Å². The number of aryl methyl sites for hydroxylation is 2. The number of nitrogens with two attached hydrogens (primary N) is 1. The van der Waals surface area contributed by atoms with Crippen molar-refractivity contribution < 1.29 is 4.42 Å². The Kier molecular flexibility index (Phi) is 3.17. The second-order valence-electron chi connectivity index (χ2n) is 4.94. The van der Waals surface area contributed by atoms with E-state index in [0.717, 1.165) is 6.42 Å². The quantitative estimate of drug-likeness (QED) is 0.640. The highest BCUT2D eigenvalue weighted by molar-refractivity contribution is 5.37. The molecule has 0 bridgehead atoms. The summed E-state index contributed by atoms with van der Waals surface area (Å²) in [7, 11) is 0. The van der Waals surface area contributed by atoms with E-state index in [1.54, 1.807) is 12.5 Å². The molecule has 1 aromatic heterocycles. The van der Waals surface area contributed by atoms with Crippen LogP contribution in [-0.4, -0.2) is 0 Å². The van der Waals surface area contributed by atoms with Crippen LogP contribution in [0, 0.1) is 0 Å². The first-order valence-electron chi connectivity index (χ1n) is 6.46. The lowest BCUT2D eigenvalue weighted by Crippen LogP contribution is -2.29. The van der Waals surface area contributed by atoms with Crippen LogP contribution in [0.3, 0.4) is 0 Å². The fraction of sp³-hybridized carbons (Fsp3) is 0.333. The fourth-order valence-electron chi connectivity index (χ4n) is 2.73. The van der Waals surface area contributed by atoms with Crippen molar-refractivity contribution in [2.24, 2.45) is 5.84 Å². The van der Waals surface area contributed by atoms with E-state index >= 15 is 0 Å². The minimum absolute atomic E-state index is 0.147. The molecule has 18 heavy (non-hydrogen) atoms. The predicted octanol–water partition coefficient (Wildman–Crippen LogP) is 2.52. The highest BCUT2D eigenvalue weighted by Gasteiger charge is 2.16. The molecular formula is C15H18N2O. The summed E-state index contributed by atoms with van der Waals surface area (Å²) in [5.41, 5.74) is 8.32. The summed E-state index contributed by atoms with van der Waals surface area (Å²) in [6.45, 7) is 0. The van der Waals surface area contributed by atoms with Gasteiger partial charge in [0.05, 0.1) is 18.6 Å². The molecule has 3 rings (SSSR count). The van der Waals surface area contributed by atoms with Crippen LogP contribution < -0.4 is 11.3 Å². The molecule has 3 N–H and O–H groups in total. The van der Waals surface area contributed by atoms with Crippen molar-refractivity contribution in [2.45, 2.75) is 31.7 Å². The van der Waals surface area contributed by atoms with Gasteiger partial charge in [0.15, 0.2) is 0 Å². The number of hydrazine groups is 1. The summed E-state index contributed by atoms with van der Waals surface area (Å²) in [5, 5.41) is 0. The zero-order chi connectivity index (χ0) is 12.4. The van der Waals surface area contributed by atoms with Crippen molar-refractivity contribution in [3.8, 4) is 0 Å². The number of fused-ring (bicyclic) bond motifs is 1. The van der Waals surface area contributed by atoms with Gasteiger partial charge in [-0.05, 0) is 54.0 Å². The minimum Gasteiger partial charge on any atom is -0.472 e. The first-order chi connectivity index (χ1) is 8.86. The summed E-state index contributed by atoms with van der Waals surface area (Å²) in [4.78, 5) is 0. The Morgan fingerprint density at radius 1 is 1.22 bits per heavy atom. The molecule has 1 atom stereocenters. The Morgan fingerprint density at radius 2 is 2.11 bits per heavy atom. The van der Waals surface area contributed by atoms with Crippen molar-refractivity contribution in [1.82, 2.24) is 5.43 Å². The zero-order valence-electron chi connectivity index (χ0n) is 10.4. The first-order valence-corrected chi connectivity index (χ1v) is 6.46. The third-order valence-corrected chi connectivity index (χ3v) is 3.75. The Morgan fingerprint density at radius 3 is 2.89 bits per heavy atom. The molecule has 3 heteroatoms. The molecule has 0 fully saturated rings. The van der Waals surface area contributed by atoms with Gasteiger partial charge in [-0.1, -0.05) is 18.2 Å². The third-order valence-electron chi connectivity index (χ3n) is 3.75. The number of rotatable bonds is 4. The maximum atomic E-state index is 5.69. The van der Waals surface area contributed by atoms with Gasteiger partial charge in [0.25, 0.3) is 0 Å². The maximum absolute atomic E-state index is 5.69. The van der Waals surface area contributed by atoms with E-state index in [2.05, 4.69) is 23.6 Å². The lowest BCUT2D eigenvalue weighted by Gasteiger charge is -2.16. The van der Waals surface area contributed by atoms with Crippen LogP contribution in [0.4, 0.5) is 0 Å². The van der Waals surface area contributed by atoms with Gasteiger partial charge in [-0.15, -0.1) is 0 Å². The summed E-state index contributed by atoms with van der Waals surface area (Å²) in [6.07, 6.45) is 8.03. The summed E-state index contributed by atoms with van der Waals surface area (Å²) < 4.78 is 5.10. The molecule has 0 radical (unpaired) electrons. The molecule has 0 aliphatic heterocycles. The van der Waals surface area contributed by atoms with Gasteiger partial charge in [0.1, 0.15) is 0 Å². The molecule has 3 nitrogen and oxygen atoms in total. The molecule has 0 amide bonds. The lowest BCUT2D eigenvalue weighted by molar-refractivity contribution is 0.535. The molecule has 0 spiro atoms. The maximum Gasteiger partial charge on any atom is 0.0935 e. The lowest BCUT2D eigenvalue weighted by atomic mass is 9.97. The van der Waals surface area contributed by atoms with Gasteiger partial charge in [-0.2, -0.15) is 0 Å². The predicted molar refractivity (Wildman–Crippen MR) is 70.9 cm³/mol. The van der Waals surface area contributed by atoms with Crippen LogP contribution >= 0.6 is 0 Å². The van der Waals surface area contributed by atoms with E-state index in [1.165, 1.54) is 41.5 Å². The number of hydrogen-bond acceptors (Lipinski definition) is 3. The Bertz CT molecular complexity index is 519. The van der Waals surface area contributed by atoms with E-state index in [4.69, 9.17) is 10.3 Å². The molecule has 2 aromatic rings. The fourth-order valence-corrected chi connectivity index (χ4v) is 2.73. The van der Waals surface area contributed by atoms with E-state index < -0.39 is 0 Å². The SMILES string of the molecule is NNC(Cc1ccoc1)c1ccc2c(c1)CCC2. The normalized spacial score (nSPS) is 15.6. The Labute approximate surface area is 107 Å². The van der Waals surface area contributed by atoms with Crippen LogP contribution in [0.1, 0.15) is 34.7 Å². The van der Waals surface area contributed by atoms with Crippen LogP contribution in [0.15, 0.2) is 41.2 Å². The third kappa shape index (κ3) is 2.19. The van der Waals surface area contributed by atoms with Crippen LogP contribution in [0.2, 0.25) is 0 Å². The molecule has 1 aliphatic rings. The number of benzene rings is 1. The summed E-state index contributed by atoms with van der Waals surface area (Å²) >= 11 is 0. The topological polar surface area (TPSA) is 51.2 Å². The standard InChI is InChI=1S/C15H18N2O/c16-17-15(8-11-6-7-18-10-11)14-5-4-12-2-1-3-13(12)9-14/h4-7,9-10,15,17H,1-3,8,16H2. The van der Waals surface area contributed by atoms with Crippen molar-refractivity contribution in [3.63, 3.8) is 0 Å². The smallest absolute Gasteiger partial charge is 0.0935 e. The Hall–Kier alpha value is -1.58. The van der Waals surface area contributed by atoms with Gasteiger partial charge in [0, 0.05) is 0 Å². The first kappa shape index (κ1) is 11.5. The number of hydrogen-bond donors (Lipinski definition) is 2. The van der Waals surface area contributed by atoms with Crippen molar-refractivity contribution >= 4 is 0 Å². The molecule has 1 heterocycles. The Balaban J connectivity index is 1.83. The highest BCUT2D eigenvalue weighted by Crippen LogP contribution is 2.26. The van der Waals surface area contributed by atoms with E-state index in [-0.39, 0.29) is 6.04 Å². The molecule has 94 valence electrons. The van der Waals surface area contributed by atoms with Gasteiger partial charge < -0.3 is 4.42 Å². The van der Waals surface area contributed by atoms with E-state index in [0.29, 0.717) is 0 Å². The summed E-state index contributed by atoms with van der Waals surface area (Å²) in [5.74, 6) is 5.69. The second kappa shape index (κ2) is 4.96. The van der Waals surface area contributed by atoms with E-state index in [1.807, 2.05) is 6.07 Å². The monoisotopic (exact) mass is 242 g/mol. The van der Waals surface area contributed by atoms with Crippen molar-refractivity contribution in [1.29, 1.82) is 0 Å². The molecule has 0 saturated heterocycles. The molecule has 0 saturated carbocycles. The van der Waals surface area contributed by atoms with Gasteiger partial charge in [0.2, 0.25) is 0 Å². The average Bonchev–Trinajstić information content (AvgIpc) is 3.06. The van der Waals surface area contributed by atoms with Gasteiger partial charge in [-0.25, -0.2) is 0 Å². The average molecular weight is 242 g/mol. The van der Waals surface area contributed by atoms with Crippen molar-refractivity contribution in [3.05, 3.63) is 59.0 Å². The largest absolute Gasteiger partial charge is 0.472 e. The van der Waals surface area contributed by atoms with Gasteiger partial charge >= 0.3 is 0 Å². The zero-order valence-corrected chi connectivity index (χ0v) is 10.4. The van der Waals surface area contributed by atoms with Crippen LogP contribution in [-0.2, 0) is 19.3 Å². The molecule has 1 aromatic carbocycles. The number of furan rings is 1.